The van der Waals surface area contributed by atoms with Crippen molar-refractivity contribution in [2.45, 2.75) is 20.0 Å². The summed E-state index contributed by atoms with van der Waals surface area (Å²) in [5.74, 6) is 0.853. The van der Waals surface area contributed by atoms with Crippen molar-refractivity contribution < 1.29 is 14.3 Å². The number of amides is 1. The van der Waals surface area contributed by atoms with Gasteiger partial charge in [-0.2, -0.15) is 10.2 Å². The minimum atomic E-state index is -0.398. The number of pyridine rings is 1. The predicted molar refractivity (Wildman–Crippen MR) is 106 cm³/mol. The van der Waals surface area contributed by atoms with Crippen LogP contribution < -0.4 is 14.9 Å². The summed E-state index contributed by atoms with van der Waals surface area (Å²) < 4.78 is 11.1. The quantitative estimate of drug-likeness (QED) is 0.485. The molecule has 0 atom stereocenters. The van der Waals surface area contributed by atoms with Crippen LogP contribution in [0.1, 0.15) is 29.9 Å². The van der Waals surface area contributed by atoms with Gasteiger partial charge in [0, 0.05) is 23.5 Å². The van der Waals surface area contributed by atoms with Crippen LogP contribution in [0.3, 0.4) is 0 Å². The Morgan fingerprint density at radius 1 is 1.25 bits per heavy atom. The molecule has 1 amide bonds. The average molecular weight is 379 g/mol. The molecule has 0 aliphatic carbocycles. The number of aromatic amines is 1. The van der Waals surface area contributed by atoms with Crippen molar-refractivity contribution in [2.24, 2.45) is 5.10 Å². The number of aromatic nitrogens is 3. The first kappa shape index (κ1) is 19.1. The number of benzene rings is 1. The van der Waals surface area contributed by atoms with Crippen molar-refractivity contribution in [3.63, 3.8) is 0 Å². The topological polar surface area (TPSA) is 101 Å². The molecule has 28 heavy (non-hydrogen) atoms. The van der Waals surface area contributed by atoms with Gasteiger partial charge in [-0.05, 0) is 44.2 Å². The van der Waals surface area contributed by atoms with E-state index in [2.05, 4.69) is 25.7 Å². The van der Waals surface area contributed by atoms with Crippen LogP contribution >= 0.6 is 0 Å². The minimum absolute atomic E-state index is 0.0349. The zero-order chi connectivity index (χ0) is 19.9. The zero-order valence-electron chi connectivity index (χ0n) is 15.8. The maximum atomic E-state index is 12.2. The second-order valence-corrected chi connectivity index (χ2v) is 6.18. The van der Waals surface area contributed by atoms with Crippen molar-refractivity contribution in [1.29, 1.82) is 0 Å². The third kappa shape index (κ3) is 4.73. The standard InChI is InChI=1S/C20H21N5O3/c1-13(2)28-18-7-6-15(9-19(18)27-3)16-10-17(24-23-16)20(26)25-22-12-14-5-4-8-21-11-14/h4-13H,1-3H3,(H,23,24)(H,25,26)/b22-12+. The molecule has 0 bridgehead atoms. The SMILES string of the molecule is COc1cc(-c2cc(C(=O)N/N=C/c3cccnc3)[nH]n2)ccc1OC(C)C. The van der Waals surface area contributed by atoms with E-state index in [1.165, 1.54) is 6.21 Å². The third-order valence-corrected chi connectivity index (χ3v) is 3.71. The molecule has 3 rings (SSSR count). The second-order valence-electron chi connectivity index (χ2n) is 6.18. The van der Waals surface area contributed by atoms with E-state index >= 15 is 0 Å². The van der Waals surface area contributed by atoms with E-state index in [0.717, 1.165) is 11.1 Å². The summed E-state index contributed by atoms with van der Waals surface area (Å²) in [6.45, 7) is 3.89. The van der Waals surface area contributed by atoms with Gasteiger partial charge in [-0.25, -0.2) is 5.43 Å². The first-order valence-corrected chi connectivity index (χ1v) is 8.70. The van der Waals surface area contributed by atoms with Crippen LogP contribution in [-0.2, 0) is 0 Å². The molecule has 0 fully saturated rings. The molecule has 8 nitrogen and oxygen atoms in total. The molecule has 144 valence electrons. The van der Waals surface area contributed by atoms with E-state index in [4.69, 9.17) is 9.47 Å². The molecule has 0 unspecified atom stereocenters. The van der Waals surface area contributed by atoms with Gasteiger partial charge in [0.25, 0.3) is 5.91 Å². The fourth-order valence-corrected chi connectivity index (χ4v) is 2.44. The van der Waals surface area contributed by atoms with Crippen LogP contribution in [0, 0.1) is 0 Å². The van der Waals surface area contributed by atoms with E-state index in [9.17, 15) is 4.79 Å². The Bertz CT molecular complexity index is 967. The van der Waals surface area contributed by atoms with Gasteiger partial charge in [-0.1, -0.05) is 6.07 Å². The van der Waals surface area contributed by atoms with E-state index < -0.39 is 5.91 Å². The summed E-state index contributed by atoms with van der Waals surface area (Å²) in [7, 11) is 1.58. The lowest BCUT2D eigenvalue weighted by molar-refractivity contribution is 0.0950. The normalized spacial score (nSPS) is 11.0. The maximum Gasteiger partial charge on any atom is 0.289 e. The number of H-pyrrole nitrogens is 1. The van der Waals surface area contributed by atoms with Crippen LogP contribution in [0.2, 0.25) is 0 Å². The number of carbonyl (C=O) groups excluding carboxylic acids is 1. The van der Waals surface area contributed by atoms with Crippen LogP contribution in [0.25, 0.3) is 11.3 Å². The van der Waals surface area contributed by atoms with Crippen molar-refractivity contribution >= 4 is 12.1 Å². The molecule has 2 N–H and O–H groups in total. The first-order chi connectivity index (χ1) is 13.6. The third-order valence-electron chi connectivity index (χ3n) is 3.71. The number of hydrogen-bond acceptors (Lipinski definition) is 6. The van der Waals surface area contributed by atoms with E-state index in [1.54, 1.807) is 31.6 Å². The molecule has 0 radical (unpaired) electrons. The highest BCUT2D eigenvalue weighted by Crippen LogP contribution is 2.32. The molecular weight excluding hydrogens is 358 g/mol. The number of rotatable bonds is 7. The average Bonchev–Trinajstić information content (AvgIpc) is 3.19. The Balaban J connectivity index is 1.71. The van der Waals surface area contributed by atoms with Crippen LogP contribution in [0.5, 0.6) is 11.5 Å². The van der Waals surface area contributed by atoms with E-state index in [-0.39, 0.29) is 6.10 Å². The highest BCUT2D eigenvalue weighted by Gasteiger charge is 2.13. The van der Waals surface area contributed by atoms with Gasteiger partial charge in [0.2, 0.25) is 0 Å². The lowest BCUT2D eigenvalue weighted by Crippen LogP contribution is -2.18. The van der Waals surface area contributed by atoms with Gasteiger partial charge in [0.1, 0.15) is 5.69 Å². The lowest BCUT2D eigenvalue weighted by atomic mass is 10.1. The number of methoxy groups -OCH3 is 1. The second kappa shape index (κ2) is 8.81. The fourth-order valence-electron chi connectivity index (χ4n) is 2.44. The largest absolute Gasteiger partial charge is 0.493 e. The fraction of sp³-hybridized carbons (Fsp3) is 0.200. The number of carbonyl (C=O) groups is 1. The molecule has 2 aromatic heterocycles. The van der Waals surface area contributed by atoms with Crippen molar-refractivity contribution in [3.8, 4) is 22.8 Å². The highest BCUT2D eigenvalue weighted by molar-refractivity contribution is 5.94. The van der Waals surface area contributed by atoms with Crippen molar-refractivity contribution in [3.05, 3.63) is 60.0 Å². The van der Waals surface area contributed by atoms with Crippen molar-refractivity contribution in [2.75, 3.05) is 7.11 Å². The van der Waals surface area contributed by atoms with Gasteiger partial charge in [0.05, 0.1) is 25.1 Å². The van der Waals surface area contributed by atoms with E-state index in [0.29, 0.717) is 22.9 Å². The molecule has 8 heteroatoms. The molecule has 3 aromatic rings. The Hall–Kier alpha value is -3.68. The van der Waals surface area contributed by atoms with E-state index in [1.807, 2.05) is 38.1 Å². The minimum Gasteiger partial charge on any atom is -0.493 e. The number of hydrazone groups is 1. The van der Waals surface area contributed by atoms with Crippen LogP contribution in [0.15, 0.2) is 53.9 Å². The number of hydrogen-bond donors (Lipinski definition) is 2. The molecular formula is C20H21N5O3. The van der Waals surface area contributed by atoms with Crippen LogP contribution in [0.4, 0.5) is 0 Å². The van der Waals surface area contributed by atoms with Gasteiger partial charge < -0.3 is 9.47 Å². The van der Waals surface area contributed by atoms with Crippen LogP contribution in [-0.4, -0.2) is 40.5 Å². The summed E-state index contributed by atoms with van der Waals surface area (Å²) in [5, 5.41) is 10.8. The lowest BCUT2D eigenvalue weighted by Gasteiger charge is -2.14. The Kier molecular flexibility index (Phi) is 6.01. The molecule has 0 saturated carbocycles. The van der Waals surface area contributed by atoms with Gasteiger partial charge in [0.15, 0.2) is 11.5 Å². The molecule has 0 saturated heterocycles. The molecule has 1 aromatic carbocycles. The summed E-state index contributed by atoms with van der Waals surface area (Å²) in [5.41, 5.74) is 4.93. The molecule has 0 spiro atoms. The molecule has 2 heterocycles. The smallest absolute Gasteiger partial charge is 0.289 e. The summed E-state index contributed by atoms with van der Waals surface area (Å²) >= 11 is 0. The zero-order valence-corrected chi connectivity index (χ0v) is 15.8. The number of nitrogens with one attached hydrogen (secondary N) is 2. The monoisotopic (exact) mass is 379 g/mol. The predicted octanol–water partition coefficient (Wildman–Crippen LogP) is 3.03. The highest BCUT2D eigenvalue weighted by atomic mass is 16.5. The van der Waals surface area contributed by atoms with Crippen molar-refractivity contribution in [1.82, 2.24) is 20.6 Å². The van der Waals surface area contributed by atoms with Gasteiger partial charge >= 0.3 is 0 Å². The first-order valence-electron chi connectivity index (χ1n) is 8.70. The Morgan fingerprint density at radius 3 is 2.82 bits per heavy atom. The molecule has 0 aliphatic rings. The summed E-state index contributed by atoms with van der Waals surface area (Å²) in [6, 6.07) is 10.8. The Labute approximate surface area is 162 Å². The number of nitrogens with zero attached hydrogens (tertiary/aromatic N) is 3. The van der Waals surface area contributed by atoms with Gasteiger partial charge in [-0.15, -0.1) is 0 Å². The maximum absolute atomic E-state index is 12.2. The van der Waals surface area contributed by atoms with Gasteiger partial charge in [-0.3, -0.25) is 14.9 Å². The summed E-state index contributed by atoms with van der Waals surface area (Å²) in [6.07, 6.45) is 4.86. The summed E-state index contributed by atoms with van der Waals surface area (Å²) in [4.78, 5) is 16.2. The molecule has 0 aliphatic heterocycles. The number of ether oxygens (including phenoxy) is 2. The Morgan fingerprint density at radius 2 is 2.11 bits per heavy atom.